The van der Waals surface area contributed by atoms with Gasteiger partial charge in [0.1, 0.15) is 0 Å². The fraction of sp³-hybridized carbons (Fsp3) is 0.857. The summed E-state index contributed by atoms with van der Waals surface area (Å²) in [6.07, 6.45) is 0. The largest absolute Gasteiger partial charge is 0.408 e. The van der Waals surface area contributed by atoms with Crippen molar-refractivity contribution in [2.24, 2.45) is 16.3 Å². The van der Waals surface area contributed by atoms with E-state index < -0.39 is 0 Å². The molecule has 0 aromatic heterocycles. The number of hydrogen-bond acceptors (Lipinski definition) is 2. The van der Waals surface area contributed by atoms with Gasteiger partial charge >= 0.3 is 0 Å². The van der Waals surface area contributed by atoms with E-state index in [0.29, 0.717) is 0 Å². The van der Waals surface area contributed by atoms with E-state index in [1.807, 2.05) is 0 Å². The molecule has 0 saturated heterocycles. The van der Waals surface area contributed by atoms with Gasteiger partial charge in [0.15, 0.2) is 0 Å². The maximum Gasteiger partial charge on any atom is 0.233 e. The Balaban J connectivity index is 3.98. The molecule has 3 N–H and O–H groups in total. The predicted octanol–water partition coefficient (Wildman–Crippen LogP) is 0.668. The summed E-state index contributed by atoms with van der Waals surface area (Å²) in [5, 5.41) is 11.2. The van der Waals surface area contributed by atoms with E-state index >= 15 is 0 Å². The lowest BCUT2D eigenvalue weighted by Gasteiger charge is -2.26. The second kappa shape index (κ2) is 3.46. The van der Waals surface area contributed by atoms with Gasteiger partial charge < -0.3 is 15.8 Å². The lowest BCUT2D eigenvalue weighted by Crippen LogP contribution is -2.39. The summed E-state index contributed by atoms with van der Waals surface area (Å²) in [5.41, 5.74) is 5.51. The molecular weight excluding hydrogens is 142 g/mol. The average Bonchev–Trinajstić information content (AvgIpc) is 1.82. The van der Waals surface area contributed by atoms with Gasteiger partial charge in [-0.05, 0) is 5.41 Å². The van der Waals surface area contributed by atoms with Gasteiger partial charge in [0.05, 0.1) is 0 Å². The number of hydrogen-bond donors (Lipinski definition) is 2. The molecule has 0 atom stereocenters. The lowest BCUT2D eigenvalue weighted by atomic mass is 9.96. The van der Waals surface area contributed by atoms with Gasteiger partial charge in [0.2, 0.25) is 5.96 Å². The average molecular weight is 159 g/mol. The van der Waals surface area contributed by atoms with Crippen molar-refractivity contribution in [2.75, 3.05) is 13.6 Å². The van der Waals surface area contributed by atoms with Gasteiger partial charge in [-0.25, -0.2) is 0 Å². The molecule has 0 amide bonds. The monoisotopic (exact) mass is 159 g/mol. The highest BCUT2D eigenvalue weighted by atomic mass is 16.4. The summed E-state index contributed by atoms with van der Waals surface area (Å²) in [6.45, 7) is 7.04. The zero-order chi connectivity index (χ0) is 9.07. The van der Waals surface area contributed by atoms with Gasteiger partial charge in [-0.2, -0.15) is 0 Å². The van der Waals surface area contributed by atoms with Crippen LogP contribution in [0.1, 0.15) is 20.8 Å². The van der Waals surface area contributed by atoms with Crippen LogP contribution in [-0.4, -0.2) is 29.7 Å². The molecule has 0 aliphatic heterocycles. The molecule has 66 valence electrons. The number of oxime groups is 1. The van der Waals surface area contributed by atoms with Gasteiger partial charge in [-0.15, -0.1) is 0 Å². The Hall–Kier alpha value is -0.930. The van der Waals surface area contributed by atoms with Crippen molar-refractivity contribution in [3.05, 3.63) is 0 Å². The normalized spacial score (nSPS) is 13.3. The lowest BCUT2D eigenvalue weighted by molar-refractivity contribution is 0.274. The molecule has 11 heavy (non-hydrogen) atoms. The van der Waals surface area contributed by atoms with E-state index in [1.54, 1.807) is 11.9 Å². The number of guanidine groups is 1. The maximum absolute atomic E-state index is 8.32. The van der Waals surface area contributed by atoms with Crippen LogP contribution in [0, 0.1) is 5.41 Å². The van der Waals surface area contributed by atoms with Crippen molar-refractivity contribution in [3.8, 4) is 0 Å². The summed E-state index contributed by atoms with van der Waals surface area (Å²) in [7, 11) is 1.79. The molecule has 0 fully saturated rings. The van der Waals surface area contributed by atoms with Gasteiger partial charge in [0, 0.05) is 13.6 Å². The predicted molar refractivity (Wildman–Crippen MR) is 45.5 cm³/mol. The fourth-order valence-corrected chi connectivity index (χ4v) is 0.869. The van der Waals surface area contributed by atoms with E-state index in [2.05, 4.69) is 25.9 Å². The zero-order valence-electron chi connectivity index (χ0n) is 7.63. The minimum Gasteiger partial charge on any atom is -0.408 e. The Bertz CT molecular complexity index is 148. The van der Waals surface area contributed by atoms with E-state index in [9.17, 15) is 0 Å². The standard InChI is InChI=1S/C7H17N3O/c1-7(2,3)5-10(4)6(8)9-11/h11H,5H2,1-4H3,(H2,8,9). The van der Waals surface area contributed by atoms with Crippen LogP contribution in [-0.2, 0) is 0 Å². The maximum atomic E-state index is 8.32. The molecule has 0 aromatic rings. The number of rotatable bonds is 1. The molecule has 4 heteroatoms. The van der Waals surface area contributed by atoms with E-state index in [0.717, 1.165) is 6.54 Å². The van der Waals surface area contributed by atoms with Crippen molar-refractivity contribution >= 4 is 5.96 Å². The molecule has 0 unspecified atom stereocenters. The smallest absolute Gasteiger partial charge is 0.233 e. The third-order valence-electron chi connectivity index (χ3n) is 1.21. The fourth-order valence-electron chi connectivity index (χ4n) is 0.869. The molecule has 0 bridgehead atoms. The summed E-state index contributed by atoms with van der Waals surface area (Å²) in [6, 6.07) is 0. The molecule has 0 aliphatic carbocycles. The molecule has 0 heterocycles. The molecule has 0 saturated carbocycles. The van der Waals surface area contributed by atoms with E-state index in [1.165, 1.54) is 0 Å². The molecular formula is C7H17N3O. The van der Waals surface area contributed by atoms with Crippen LogP contribution >= 0.6 is 0 Å². The first-order valence-corrected chi connectivity index (χ1v) is 3.55. The second-order valence-corrected chi connectivity index (χ2v) is 3.87. The highest BCUT2D eigenvalue weighted by Crippen LogP contribution is 2.13. The molecule has 0 aromatic carbocycles. The SMILES string of the molecule is CN(CC(C)(C)C)C(N)=NO. The second-order valence-electron chi connectivity index (χ2n) is 3.87. The van der Waals surface area contributed by atoms with Crippen LogP contribution in [0.15, 0.2) is 5.16 Å². The third kappa shape index (κ3) is 4.47. The third-order valence-corrected chi connectivity index (χ3v) is 1.21. The highest BCUT2D eigenvalue weighted by Gasteiger charge is 2.14. The van der Waals surface area contributed by atoms with Crippen molar-refractivity contribution in [3.63, 3.8) is 0 Å². The molecule has 0 rings (SSSR count). The quantitative estimate of drug-likeness (QED) is 0.256. The Morgan fingerprint density at radius 2 is 2.00 bits per heavy atom. The van der Waals surface area contributed by atoms with Crippen LogP contribution in [0.5, 0.6) is 0 Å². The van der Waals surface area contributed by atoms with Crippen molar-refractivity contribution in [1.29, 1.82) is 0 Å². The molecule has 0 aliphatic rings. The van der Waals surface area contributed by atoms with Crippen molar-refractivity contribution < 1.29 is 5.21 Å². The summed E-state index contributed by atoms with van der Waals surface area (Å²) < 4.78 is 0. The van der Waals surface area contributed by atoms with Crippen molar-refractivity contribution in [2.45, 2.75) is 20.8 Å². The van der Waals surface area contributed by atoms with Gasteiger partial charge in [0.25, 0.3) is 0 Å². The minimum atomic E-state index is 0.153. The minimum absolute atomic E-state index is 0.153. The Labute approximate surface area is 67.7 Å². The van der Waals surface area contributed by atoms with Crippen LogP contribution in [0.4, 0.5) is 0 Å². The van der Waals surface area contributed by atoms with Crippen LogP contribution in [0.25, 0.3) is 0 Å². The van der Waals surface area contributed by atoms with Gasteiger partial charge in [-0.3, -0.25) is 0 Å². The van der Waals surface area contributed by atoms with Crippen LogP contribution < -0.4 is 5.73 Å². The Morgan fingerprint density at radius 1 is 1.55 bits per heavy atom. The van der Waals surface area contributed by atoms with E-state index in [-0.39, 0.29) is 11.4 Å². The number of nitrogens with two attached hydrogens (primary N) is 1. The zero-order valence-corrected chi connectivity index (χ0v) is 7.63. The molecule has 4 nitrogen and oxygen atoms in total. The van der Waals surface area contributed by atoms with E-state index in [4.69, 9.17) is 10.9 Å². The van der Waals surface area contributed by atoms with Crippen LogP contribution in [0.2, 0.25) is 0 Å². The van der Waals surface area contributed by atoms with Gasteiger partial charge in [-0.1, -0.05) is 25.9 Å². The Morgan fingerprint density at radius 3 is 2.27 bits per heavy atom. The summed E-state index contributed by atoms with van der Waals surface area (Å²) >= 11 is 0. The highest BCUT2D eigenvalue weighted by molar-refractivity contribution is 5.77. The first-order chi connectivity index (χ1) is 4.87. The Kier molecular flexibility index (Phi) is 3.17. The summed E-state index contributed by atoms with van der Waals surface area (Å²) in [5.74, 6) is 0.153. The molecule has 0 spiro atoms. The first kappa shape index (κ1) is 10.1. The molecule has 0 radical (unpaired) electrons. The summed E-state index contributed by atoms with van der Waals surface area (Å²) in [4.78, 5) is 1.71. The van der Waals surface area contributed by atoms with Crippen LogP contribution in [0.3, 0.4) is 0 Å². The topological polar surface area (TPSA) is 61.8 Å². The van der Waals surface area contributed by atoms with Crippen molar-refractivity contribution in [1.82, 2.24) is 4.90 Å². The number of nitrogens with zero attached hydrogens (tertiary/aromatic N) is 2. The first-order valence-electron chi connectivity index (χ1n) is 3.55.